The third-order valence-corrected chi connectivity index (χ3v) is 3.42. The van der Waals surface area contributed by atoms with E-state index in [9.17, 15) is 4.79 Å². The van der Waals surface area contributed by atoms with Gasteiger partial charge in [-0.25, -0.2) is 4.79 Å². The summed E-state index contributed by atoms with van der Waals surface area (Å²) in [6.07, 6.45) is 8.62. The van der Waals surface area contributed by atoms with Gasteiger partial charge in [0.15, 0.2) is 0 Å². The summed E-state index contributed by atoms with van der Waals surface area (Å²) >= 11 is 0. The predicted octanol–water partition coefficient (Wildman–Crippen LogP) is 4.98. The van der Waals surface area contributed by atoms with Crippen molar-refractivity contribution in [2.45, 2.75) is 40.0 Å². The zero-order valence-electron chi connectivity index (χ0n) is 13.3. The third kappa shape index (κ3) is 3.70. The Hall–Kier alpha value is -2.23. The first kappa shape index (κ1) is 16.1. The number of carbonyl (C=O) groups excluding carboxylic acids is 1. The SMILES string of the molecule is CCCC/C=C(/c1ccoc1)c1cc(C(=O)OCC)c(C)o1. The summed E-state index contributed by atoms with van der Waals surface area (Å²) in [7, 11) is 0. The summed E-state index contributed by atoms with van der Waals surface area (Å²) in [6.45, 7) is 6.06. The van der Waals surface area contributed by atoms with Crippen LogP contribution in [0, 0.1) is 6.92 Å². The number of unbranched alkanes of at least 4 members (excludes halogenated alkanes) is 2. The Morgan fingerprint density at radius 2 is 2.18 bits per heavy atom. The largest absolute Gasteiger partial charge is 0.472 e. The molecule has 118 valence electrons. The van der Waals surface area contributed by atoms with Gasteiger partial charge in [-0.15, -0.1) is 0 Å². The fourth-order valence-electron chi connectivity index (χ4n) is 2.26. The van der Waals surface area contributed by atoms with Crippen LogP contribution in [0.5, 0.6) is 0 Å². The standard InChI is InChI=1S/C18H22O4/c1-4-6-7-8-15(14-9-10-20-12-14)17-11-16(13(3)22-17)18(19)21-5-2/h8-12H,4-7H2,1-3H3/b15-8-. The van der Waals surface area contributed by atoms with Gasteiger partial charge < -0.3 is 13.6 Å². The molecule has 2 rings (SSSR count). The minimum atomic E-state index is -0.352. The summed E-state index contributed by atoms with van der Waals surface area (Å²) in [5, 5.41) is 0. The second-order valence-corrected chi connectivity index (χ2v) is 5.07. The Bertz CT molecular complexity index is 632. The Kier molecular flexibility index (Phi) is 5.64. The lowest BCUT2D eigenvalue weighted by Crippen LogP contribution is -2.04. The van der Waals surface area contributed by atoms with Gasteiger partial charge in [0.2, 0.25) is 0 Å². The molecule has 0 aliphatic carbocycles. The van der Waals surface area contributed by atoms with Crippen LogP contribution in [0.25, 0.3) is 5.57 Å². The Morgan fingerprint density at radius 1 is 1.36 bits per heavy atom. The number of aryl methyl sites for hydroxylation is 1. The van der Waals surface area contributed by atoms with Gasteiger partial charge in [0.1, 0.15) is 17.1 Å². The van der Waals surface area contributed by atoms with Crippen molar-refractivity contribution < 1.29 is 18.4 Å². The van der Waals surface area contributed by atoms with Crippen molar-refractivity contribution in [2.75, 3.05) is 6.61 Å². The van der Waals surface area contributed by atoms with Crippen LogP contribution in [-0.4, -0.2) is 12.6 Å². The van der Waals surface area contributed by atoms with E-state index in [0.29, 0.717) is 23.7 Å². The van der Waals surface area contributed by atoms with Crippen molar-refractivity contribution in [3.8, 4) is 0 Å². The maximum absolute atomic E-state index is 11.9. The van der Waals surface area contributed by atoms with Crippen LogP contribution in [0.1, 0.15) is 60.6 Å². The topological polar surface area (TPSA) is 52.6 Å². The second-order valence-electron chi connectivity index (χ2n) is 5.07. The minimum absolute atomic E-state index is 0.347. The maximum atomic E-state index is 11.9. The van der Waals surface area contributed by atoms with Gasteiger partial charge in [-0.2, -0.15) is 0 Å². The first-order valence-electron chi connectivity index (χ1n) is 7.68. The van der Waals surface area contributed by atoms with Gasteiger partial charge in [-0.3, -0.25) is 0 Å². The van der Waals surface area contributed by atoms with Gasteiger partial charge in [-0.1, -0.05) is 25.8 Å². The molecule has 0 aliphatic heterocycles. The molecule has 0 atom stereocenters. The molecule has 0 unspecified atom stereocenters. The number of hydrogen-bond donors (Lipinski definition) is 0. The second kappa shape index (κ2) is 7.69. The fourth-order valence-corrected chi connectivity index (χ4v) is 2.26. The molecule has 22 heavy (non-hydrogen) atoms. The molecular weight excluding hydrogens is 280 g/mol. The molecule has 0 aliphatic rings. The summed E-state index contributed by atoms with van der Waals surface area (Å²) in [4.78, 5) is 11.9. The predicted molar refractivity (Wildman–Crippen MR) is 84.7 cm³/mol. The maximum Gasteiger partial charge on any atom is 0.341 e. The lowest BCUT2D eigenvalue weighted by molar-refractivity contribution is 0.0524. The quantitative estimate of drug-likeness (QED) is 0.534. The van der Waals surface area contributed by atoms with Gasteiger partial charge >= 0.3 is 5.97 Å². The van der Waals surface area contributed by atoms with E-state index >= 15 is 0 Å². The van der Waals surface area contributed by atoms with Crippen LogP contribution in [0.4, 0.5) is 0 Å². The molecule has 2 aromatic rings. The van der Waals surface area contributed by atoms with Crippen molar-refractivity contribution >= 4 is 11.5 Å². The van der Waals surface area contributed by atoms with Crippen LogP contribution >= 0.6 is 0 Å². The van der Waals surface area contributed by atoms with E-state index in [-0.39, 0.29) is 5.97 Å². The van der Waals surface area contributed by atoms with Crippen molar-refractivity contribution in [3.63, 3.8) is 0 Å². The molecule has 0 fully saturated rings. The fraction of sp³-hybridized carbons (Fsp3) is 0.389. The van der Waals surface area contributed by atoms with E-state index in [1.165, 1.54) is 0 Å². The molecule has 0 aromatic carbocycles. The third-order valence-electron chi connectivity index (χ3n) is 3.42. The summed E-state index contributed by atoms with van der Waals surface area (Å²) in [5.74, 6) is 0.881. The molecule has 4 heteroatoms. The van der Waals surface area contributed by atoms with Crippen molar-refractivity contribution in [3.05, 3.63) is 53.4 Å². The van der Waals surface area contributed by atoms with Crippen molar-refractivity contribution in [1.29, 1.82) is 0 Å². The van der Waals surface area contributed by atoms with Gasteiger partial charge in [0.05, 0.1) is 19.1 Å². The van der Waals surface area contributed by atoms with Crippen LogP contribution < -0.4 is 0 Å². The number of hydrogen-bond acceptors (Lipinski definition) is 4. The highest BCUT2D eigenvalue weighted by molar-refractivity contribution is 5.92. The molecule has 4 nitrogen and oxygen atoms in total. The van der Waals surface area contributed by atoms with E-state index in [1.807, 2.05) is 6.07 Å². The smallest absolute Gasteiger partial charge is 0.341 e. The van der Waals surface area contributed by atoms with Crippen molar-refractivity contribution in [2.24, 2.45) is 0 Å². The molecule has 0 bridgehead atoms. The summed E-state index contributed by atoms with van der Waals surface area (Å²) in [6, 6.07) is 3.64. The van der Waals surface area contributed by atoms with Crippen LogP contribution in [0.15, 0.2) is 39.6 Å². The van der Waals surface area contributed by atoms with Crippen LogP contribution in [-0.2, 0) is 4.74 Å². The van der Waals surface area contributed by atoms with Crippen LogP contribution in [0.3, 0.4) is 0 Å². The van der Waals surface area contributed by atoms with Crippen LogP contribution in [0.2, 0.25) is 0 Å². The monoisotopic (exact) mass is 302 g/mol. The average molecular weight is 302 g/mol. The molecule has 0 saturated heterocycles. The Labute approximate surface area is 130 Å². The number of carbonyl (C=O) groups is 1. The zero-order valence-corrected chi connectivity index (χ0v) is 13.3. The molecule has 2 aromatic heterocycles. The highest BCUT2D eigenvalue weighted by Gasteiger charge is 2.19. The van der Waals surface area contributed by atoms with E-state index in [0.717, 1.165) is 30.4 Å². The zero-order chi connectivity index (χ0) is 15.9. The van der Waals surface area contributed by atoms with Gasteiger partial charge in [0.25, 0.3) is 0 Å². The normalized spacial score (nSPS) is 11.7. The summed E-state index contributed by atoms with van der Waals surface area (Å²) < 4.78 is 16.0. The highest BCUT2D eigenvalue weighted by Crippen LogP contribution is 2.29. The first-order chi connectivity index (χ1) is 10.7. The van der Waals surface area contributed by atoms with E-state index < -0.39 is 0 Å². The number of esters is 1. The molecule has 0 amide bonds. The first-order valence-corrected chi connectivity index (χ1v) is 7.68. The van der Waals surface area contributed by atoms with Crippen molar-refractivity contribution in [1.82, 2.24) is 0 Å². The Balaban J connectivity index is 2.34. The molecule has 0 spiro atoms. The van der Waals surface area contributed by atoms with Gasteiger partial charge in [0, 0.05) is 11.1 Å². The number of ether oxygens (including phenoxy) is 1. The number of allylic oxidation sites excluding steroid dienone is 1. The molecule has 0 saturated carbocycles. The van der Waals surface area contributed by atoms with E-state index in [4.69, 9.17) is 13.6 Å². The Morgan fingerprint density at radius 3 is 2.82 bits per heavy atom. The lowest BCUT2D eigenvalue weighted by Gasteiger charge is -2.01. The minimum Gasteiger partial charge on any atom is -0.472 e. The van der Waals surface area contributed by atoms with Gasteiger partial charge in [-0.05, 0) is 32.4 Å². The molecule has 0 N–H and O–H groups in total. The van der Waals surface area contributed by atoms with E-state index in [2.05, 4.69) is 13.0 Å². The van der Waals surface area contributed by atoms with E-state index in [1.54, 1.807) is 32.4 Å². The molecule has 0 radical (unpaired) electrons. The number of furan rings is 2. The lowest BCUT2D eigenvalue weighted by atomic mass is 10.0. The highest BCUT2D eigenvalue weighted by atomic mass is 16.5. The summed E-state index contributed by atoms with van der Waals surface area (Å²) in [5.41, 5.74) is 2.36. The molecule has 2 heterocycles. The average Bonchev–Trinajstić information content (AvgIpc) is 3.14. The molecular formula is C18H22O4. The number of rotatable bonds is 7.